The molecule has 5 nitrogen and oxygen atoms in total. The van der Waals surface area contributed by atoms with E-state index < -0.39 is 10.0 Å². The van der Waals surface area contributed by atoms with Gasteiger partial charge in [-0.3, -0.25) is 0 Å². The molecule has 0 unspecified atom stereocenters. The highest BCUT2D eigenvalue weighted by Crippen LogP contribution is 2.21. The fourth-order valence-corrected chi connectivity index (χ4v) is 4.12. The summed E-state index contributed by atoms with van der Waals surface area (Å²) in [4.78, 5) is 1.09. The Morgan fingerprint density at radius 3 is 2.75 bits per heavy atom. The number of methoxy groups -OCH3 is 1. The Hall–Kier alpha value is -0.470. The molecule has 20 heavy (non-hydrogen) atoms. The minimum atomic E-state index is -3.36. The maximum absolute atomic E-state index is 12.0. The van der Waals surface area contributed by atoms with Gasteiger partial charge >= 0.3 is 0 Å². The molecule has 1 heterocycles. The second-order valence-corrected chi connectivity index (χ2v) is 7.63. The summed E-state index contributed by atoms with van der Waals surface area (Å²) < 4.78 is 31.9. The van der Waals surface area contributed by atoms with E-state index in [0.29, 0.717) is 23.8 Å². The van der Waals surface area contributed by atoms with Gasteiger partial charge in [0.1, 0.15) is 4.21 Å². The fourth-order valence-electron chi connectivity index (χ4n) is 1.64. The van der Waals surface area contributed by atoms with Gasteiger partial charge in [0, 0.05) is 25.1 Å². The second-order valence-electron chi connectivity index (χ2n) is 4.46. The van der Waals surface area contributed by atoms with Crippen LogP contribution in [0, 0.1) is 0 Å². The number of hydrogen-bond acceptors (Lipinski definition) is 5. The summed E-state index contributed by atoms with van der Waals surface area (Å²) >= 11 is 1.34. The third kappa shape index (κ3) is 6.32. The van der Waals surface area contributed by atoms with Crippen LogP contribution in [0.4, 0.5) is 0 Å². The molecular weight excluding hydrogens is 296 g/mol. The molecule has 0 radical (unpaired) electrons. The predicted octanol–water partition coefficient (Wildman–Crippen LogP) is 1.60. The van der Waals surface area contributed by atoms with Gasteiger partial charge in [0.2, 0.25) is 10.0 Å². The van der Waals surface area contributed by atoms with Crippen molar-refractivity contribution >= 4 is 21.4 Å². The molecule has 0 fully saturated rings. The third-order valence-corrected chi connectivity index (χ3v) is 5.79. The van der Waals surface area contributed by atoms with Crippen LogP contribution in [0.1, 0.15) is 24.6 Å². The molecule has 1 rings (SSSR count). The van der Waals surface area contributed by atoms with Crippen LogP contribution in [0.5, 0.6) is 0 Å². The Bertz CT molecular complexity index is 472. The van der Waals surface area contributed by atoms with Crippen LogP contribution in [0.3, 0.4) is 0 Å². The van der Waals surface area contributed by atoms with Gasteiger partial charge in [0.05, 0.1) is 0 Å². The summed E-state index contributed by atoms with van der Waals surface area (Å²) in [5.41, 5.74) is 0. The second kappa shape index (κ2) is 9.46. The van der Waals surface area contributed by atoms with Crippen molar-refractivity contribution in [1.82, 2.24) is 10.0 Å². The average molecular weight is 320 g/mol. The predicted molar refractivity (Wildman–Crippen MR) is 82.9 cm³/mol. The van der Waals surface area contributed by atoms with Crippen LogP contribution in [-0.2, 0) is 21.2 Å². The first-order chi connectivity index (χ1) is 9.60. The van der Waals surface area contributed by atoms with E-state index in [9.17, 15) is 8.42 Å². The van der Waals surface area contributed by atoms with E-state index in [0.717, 1.165) is 30.8 Å². The summed E-state index contributed by atoms with van der Waals surface area (Å²) in [6, 6.07) is 3.57. The lowest BCUT2D eigenvalue weighted by molar-refractivity contribution is 0.196. The molecule has 0 aliphatic heterocycles. The Labute approximate surface area is 125 Å². The van der Waals surface area contributed by atoms with Gasteiger partial charge in [-0.2, -0.15) is 0 Å². The molecule has 0 amide bonds. The van der Waals surface area contributed by atoms with E-state index in [-0.39, 0.29) is 0 Å². The average Bonchev–Trinajstić information content (AvgIpc) is 2.89. The monoisotopic (exact) mass is 320 g/mol. The molecule has 1 aromatic heterocycles. The maximum atomic E-state index is 12.0. The lowest BCUT2D eigenvalue weighted by atomic mass is 10.3. The van der Waals surface area contributed by atoms with E-state index >= 15 is 0 Å². The third-order valence-electron chi connectivity index (χ3n) is 2.69. The van der Waals surface area contributed by atoms with Gasteiger partial charge in [-0.05, 0) is 44.5 Å². The molecule has 0 spiro atoms. The van der Waals surface area contributed by atoms with Crippen LogP contribution in [-0.4, -0.2) is 41.8 Å². The zero-order valence-electron chi connectivity index (χ0n) is 12.1. The molecular formula is C13H24N2O3S2. The van der Waals surface area contributed by atoms with Crippen molar-refractivity contribution in [2.75, 3.05) is 33.4 Å². The molecule has 0 saturated heterocycles. The highest BCUT2D eigenvalue weighted by Gasteiger charge is 2.15. The Balaban J connectivity index is 2.44. The van der Waals surface area contributed by atoms with Gasteiger partial charge in [-0.25, -0.2) is 13.1 Å². The lowest BCUT2D eigenvalue weighted by Gasteiger charge is -2.04. The van der Waals surface area contributed by atoms with Crippen LogP contribution in [0.15, 0.2) is 16.3 Å². The smallest absolute Gasteiger partial charge is 0.250 e. The van der Waals surface area contributed by atoms with Gasteiger partial charge in [0.25, 0.3) is 0 Å². The number of nitrogens with one attached hydrogen (secondary N) is 2. The molecule has 0 bridgehead atoms. The first kappa shape index (κ1) is 17.6. The van der Waals surface area contributed by atoms with E-state index in [4.69, 9.17) is 4.74 Å². The standard InChI is InChI=1S/C13H24N2O3S2/c1-3-8-14-10-7-12-5-6-13(19-12)20(16,17)15-9-4-11-18-2/h5-6,14-15H,3-4,7-11H2,1-2H3. The summed E-state index contributed by atoms with van der Waals surface area (Å²) in [7, 11) is -1.76. The SMILES string of the molecule is CCCNCCc1ccc(S(=O)(=O)NCCCOC)s1. The van der Waals surface area contributed by atoms with Crippen molar-refractivity contribution in [2.45, 2.75) is 30.4 Å². The molecule has 0 saturated carbocycles. The summed E-state index contributed by atoms with van der Waals surface area (Å²) in [5.74, 6) is 0. The van der Waals surface area contributed by atoms with Gasteiger partial charge < -0.3 is 10.1 Å². The number of sulfonamides is 1. The normalized spacial score (nSPS) is 11.9. The fraction of sp³-hybridized carbons (Fsp3) is 0.692. The van der Waals surface area contributed by atoms with Crippen molar-refractivity contribution in [3.8, 4) is 0 Å². The molecule has 0 aliphatic rings. The summed E-state index contributed by atoms with van der Waals surface area (Å²) in [6.07, 6.45) is 2.65. The van der Waals surface area contributed by atoms with Crippen molar-refractivity contribution in [3.63, 3.8) is 0 Å². The van der Waals surface area contributed by atoms with Crippen LogP contribution in [0.25, 0.3) is 0 Å². The van der Waals surface area contributed by atoms with Crippen molar-refractivity contribution < 1.29 is 13.2 Å². The van der Waals surface area contributed by atoms with Gasteiger partial charge in [0.15, 0.2) is 0 Å². The number of ether oxygens (including phenoxy) is 1. The van der Waals surface area contributed by atoms with Crippen LogP contribution >= 0.6 is 11.3 Å². The minimum absolute atomic E-state index is 0.389. The largest absolute Gasteiger partial charge is 0.385 e. The molecule has 0 aliphatic carbocycles. The van der Waals surface area contributed by atoms with E-state index in [2.05, 4.69) is 17.0 Å². The highest BCUT2D eigenvalue weighted by atomic mass is 32.2. The quantitative estimate of drug-likeness (QED) is 0.608. The Morgan fingerprint density at radius 1 is 1.25 bits per heavy atom. The molecule has 0 atom stereocenters. The topological polar surface area (TPSA) is 67.4 Å². The summed E-state index contributed by atoms with van der Waals surface area (Å²) in [6.45, 7) is 4.97. The zero-order valence-corrected chi connectivity index (χ0v) is 13.8. The van der Waals surface area contributed by atoms with E-state index in [1.165, 1.54) is 11.3 Å². The van der Waals surface area contributed by atoms with Crippen LogP contribution in [0.2, 0.25) is 0 Å². The Kier molecular flexibility index (Phi) is 8.32. The van der Waals surface area contributed by atoms with Crippen molar-refractivity contribution in [1.29, 1.82) is 0 Å². The Morgan fingerprint density at radius 2 is 2.05 bits per heavy atom. The molecule has 7 heteroatoms. The summed E-state index contributed by atoms with van der Waals surface area (Å²) in [5, 5.41) is 3.31. The molecule has 0 aromatic carbocycles. The number of rotatable bonds is 11. The van der Waals surface area contributed by atoms with Crippen molar-refractivity contribution in [3.05, 3.63) is 17.0 Å². The van der Waals surface area contributed by atoms with Crippen LogP contribution < -0.4 is 10.0 Å². The molecule has 116 valence electrons. The first-order valence-electron chi connectivity index (χ1n) is 6.88. The molecule has 2 N–H and O–H groups in total. The first-order valence-corrected chi connectivity index (χ1v) is 9.18. The number of hydrogen-bond donors (Lipinski definition) is 2. The molecule has 1 aromatic rings. The highest BCUT2D eigenvalue weighted by molar-refractivity contribution is 7.91. The lowest BCUT2D eigenvalue weighted by Crippen LogP contribution is -2.24. The minimum Gasteiger partial charge on any atom is -0.385 e. The zero-order chi connectivity index (χ0) is 14.8. The maximum Gasteiger partial charge on any atom is 0.250 e. The van der Waals surface area contributed by atoms with E-state index in [1.54, 1.807) is 13.2 Å². The van der Waals surface area contributed by atoms with E-state index in [1.807, 2.05) is 6.07 Å². The van der Waals surface area contributed by atoms with Crippen molar-refractivity contribution in [2.24, 2.45) is 0 Å². The van der Waals surface area contributed by atoms with Gasteiger partial charge in [-0.15, -0.1) is 11.3 Å². The number of thiophene rings is 1. The van der Waals surface area contributed by atoms with Gasteiger partial charge in [-0.1, -0.05) is 6.92 Å².